The molecule has 29 heavy (non-hydrogen) atoms. The normalized spacial score (nSPS) is 17.6. The first kappa shape index (κ1) is 28.0. The highest BCUT2D eigenvalue weighted by Crippen LogP contribution is 2.70. The van der Waals surface area contributed by atoms with E-state index in [-0.39, 0.29) is 0 Å². The smallest absolute Gasteiger partial charge is 0.241 e. The van der Waals surface area contributed by atoms with E-state index in [9.17, 15) is 72.8 Å². The molecule has 178 valence electrons. The third-order valence-electron chi connectivity index (χ3n) is 3.13. The summed E-state index contributed by atoms with van der Waals surface area (Å²) in [5, 5.41) is -5.21. The van der Waals surface area contributed by atoms with Crippen LogP contribution in [0.3, 0.4) is 0 Å². The lowest BCUT2D eigenvalue weighted by Crippen LogP contribution is -2.67. The summed E-state index contributed by atoms with van der Waals surface area (Å²) in [5.41, 5.74) is 0. The molecule has 0 aliphatic carbocycles. The summed E-state index contributed by atoms with van der Waals surface area (Å²) in [6.07, 6.45) is -15.9. The van der Waals surface area contributed by atoms with Crippen LogP contribution in [0.25, 0.3) is 0 Å². The average Bonchev–Trinajstić information content (AvgIpc) is 2.42. The van der Waals surface area contributed by atoms with Crippen LogP contribution in [0.4, 0.5) is 72.8 Å². The number of rotatable bonds is 8. The lowest BCUT2D eigenvalue weighted by Gasteiger charge is -2.38. The largest absolute Gasteiger partial charge is 0.389 e. The van der Waals surface area contributed by atoms with Crippen molar-refractivity contribution in [2.24, 2.45) is 0 Å². The molecule has 0 heterocycles. The third-order valence-corrected chi connectivity index (χ3v) is 4.01. The molecule has 0 rings (SSSR count). The van der Waals surface area contributed by atoms with E-state index in [0.717, 1.165) is 0 Å². The Bertz CT molecular complexity index is 634. The van der Waals surface area contributed by atoms with Crippen LogP contribution in [0, 0.1) is 0 Å². The van der Waals surface area contributed by atoms with E-state index in [4.69, 9.17) is 0 Å². The van der Waals surface area contributed by atoms with E-state index in [1.165, 1.54) is 4.94 Å². The molecule has 0 N–H and O–H groups in total. The first-order valence-electron chi connectivity index (χ1n) is 6.53. The van der Waals surface area contributed by atoms with Crippen molar-refractivity contribution in [1.82, 2.24) is 0 Å². The molecule has 0 aromatic heterocycles. The average molecular weight is 498 g/mol. The maximum atomic E-state index is 13.3. The SMILES string of the molecule is FOC(C(F)(F)C(F)(F)C(F)(F)C(F)(F)C(F)CCCC(F)(F)F)=S(F)(F)(F)F. The zero-order chi connectivity index (χ0) is 23.9. The van der Waals surface area contributed by atoms with Crippen molar-refractivity contribution in [3.8, 4) is 0 Å². The Labute approximate surface area is 149 Å². The maximum absolute atomic E-state index is 13.3. The van der Waals surface area contributed by atoms with Gasteiger partial charge in [-0.25, -0.2) is 4.39 Å². The standard InChI is InChI=1S/C10H7F17OS/c11-4(2-1-3-6(12,13)14)7(15,16)9(19,20)10(21,22)8(17,18)5(28-23)29(24,25,26)27/h4H,1-3H2. The fourth-order valence-electron chi connectivity index (χ4n) is 1.68. The molecule has 1 atom stereocenters. The highest BCUT2D eigenvalue weighted by atomic mass is 32.4. The van der Waals surface area contributed by atoms with Crippen molar-refractivity contribution in [2.45, 2.75) is 55.3 Å². The Morgan fingerprint density at radius 1 is 0.759 bits per heavy atom. The van der Waals surface area contributed by atoms with E-state index < -0.39 is 70.6 Å². The minimum absolute atomic E-state index is 1.18. The van der Waals surface area contributed by atoms with Gasteiger partial charge in [0.1, 0.15) is 0 Å². The van der Waals surface area contributed by atoms with Gasteiger partial charge in [-0.1, -0.05) is 0 Å². The van der Waals surface area contributed by atoms with E-state index in [1.807, 2.05) is 0 Å². The van der Waals surface area contributed by atoms with Crippen LogP contribution in [0.5, 0.6) is 0 Å². The minimum atomic E-state index is -10.2. The number of hydrogen-bond donors (Lipinski definition) is 0. The predicted molar refractivity (Wildman–Crippen MR) is 63.8 cm³/mol. The summed E-state index contributed by atoms with van der Waals surface area (Å²) in [5.74, 6) is -30.6. The van der Waals surface area contributed by atoms with Gasteiger partial charge in [-0.15, -0.1) is 20.5 Å². The van der Waals surface area contributed by atoms with Gasteiger partial charge in [0.25, 0.3) is 5.05 Å². The molecule has 0 saturated heterocycles. The summed E-state index contributed by atoms with van der Waals surface area (Å²) in [7, 11) is -10.2. The highest BCUT2D eigenvalue weighted by Gasteiger charge is 2.85. The zero-order valence-electron chi connectivity index (χ0n) is 12.9. The van der Waals surface area contributed by atoms with Crippen LogP contribution < -0.4 is 0 Å². The molecule has 1 unspecified atom stereocenters. The van der Waals surface area contributed by atoms with E-state index in [1.54, 1.807) is 0 Å². The van der Waals surface area contributed by atoms with Crippen LogP contribution in [0.15, 0.2) is 0 Å². The molecule has 19 heteroatoms. The fraction of sp³-hybridized carbons (Fsp3) is 0.900. The Morgan fingerprint density at radius 3 is 1.48 bits per heavy atom. The maximum Gasteiger partial charge on any atom is 0.389 e. The fourth-order valence-corrected chi connectivity index (χ4v) is 2.30. The molecule has 0 saturated carbocycles. The van der Waals surface area contributed by atoms with Crippen LogP contribution in [-0.4, -0.2) is 41.1 Å². The molecule has 1 nitrogen and oxygen atoms in total. The monoisotopic (exact) mass is 498 g/mol. The molecule has 0 aromatic carbocycles. The molecular weight excluding hydrogens is 491 g/mol. The Balaban J connectivity index is 6.16. The number of hydrogen-bond acceptors (Lipinski definition) is 1. The van der Waals surface area contributed by atoms with Gasteiger partial charge in [0.15, 0.2) is 6.17 Å². The molecule has 0 fully saturated rings. The zero-order valence-corrected chi connectivity index (χ0v) is 13.8. The lowest BCUT2D eigenvalue weighted by atomic mass is 9.93. The van der Waals surface area contributed by atoms with Crippen molar-refractivity contribution >= 4 is 15.3 Å². The number of alkyl halides is 12. The third kappa shape index (κ3) is 5.57. The van der Waals surface area contributed by atoms with Gasteiger partial charge in [0, 0.05) is 6.42 Å². The second-order valence-corrected chi connectivity index (χ2v) is 7.03. The van der Waals surface area contributed by atoms with Gasteiger partial charge in [-0.05, 0) is 17.4 Å². The summed E-state index contributed by atoms with van der Waals surface area (Å²) in [4.78, 5) is 1.18. The van der Waals surface area contributed by atoms with Crippen molar-refractivity contribution in [3.05, 3.63) is 0 Å². The summed E-state index contributed by atoms with van der Waals surface area (Å²) in [6, 6.07) is 0. The first-order valence-corrected chi connectivity index (χ1v) is 8.17. The van der Waals surface area contributed by atoms with Gasteiger partial charge in [0.05, 0.1) is 0 Å². The van der Waals surface area contributed by atoms with E-state index in [2.05, 4.69) is 0 Å². The van der Waals surface area contributed by atoms with Crippen molar-refractivity contribution in [3.63, 3.8) is 0 Å². The van der Waals surface area contributed by atoms with Gasteiger partial charge >= 0.3 is 40.2 Å². The quantitative estimate of drug-likeness (QED) is 0.249. The van der Waals surface area contributed by atoms with Crippen LogP contribution in [-0.2, 0) is 4.94 Å². The molecule has 0 spiro atoms. The Morgan fingerprint density at radius 2 is 1.17 bits per heavy atom. The van der Waals surface area contributed by atoms with Gasteiger partial charge in [-0.2, -0.15) is 48.3 Å². The van der Waals surface area contributed by atoms with Gasteiger partial charge < -0.3 is 0 Å². The first-order chi connectivity index (χ1) is 12.3. The highest BCUT2D eigenvalue weighted by molar-refractivity contribution is 8.32. The molecule has 0 radical (unpaired) electrons. The van der Waals surface area contributed by atoms with Crippen LogP contribution in [0.2, 0.25) is 0 Å². The van der Waals surface area contributed by atoms with Crippen molar-refractivity contribution in [1.29, 1.82) is 0 Å². The Hall–Kier alpha value is -1.01. The second-order valence-electron chi connectivity index (χ2n) is 5.34. The molecular formula is C10H7F17OS. The van der Waals surface area contributed by atoms with E-state index in [0.29, 0.717) is 0 Å². The minimum Gasteiger partial charge on any atom is -0.241 e. The Kier molecular flexibility index (Phi) is 7.33. The topological polar surface area (TPSA) is 9.23 Å². The van der Waals surface area contributed by atoms with Gasteiger partial charge in [0.2, 0.25) is 0 Å². The number of halogens is 17. The molecule has 0 bridgehead atoms. The molecule has 0 aromatic rings. The summed E-state index contributed by atoms with van der Waals surface area (Å²) < 4.78 is 215. The molecule has 0 amide bonds. The predicted octanol–water partition coefficient (Wildman–Crippen LogP) is 7.51. The summed E-state index contributed by atoms with van der Waals surface area (Å²) in [6.45, 7) is 0. The van der Waals surface area contributed by atoms with E-state index >= 15 is 0 Å². The lowest BCUT2D eigenvalue weighted by molar-refractivity contribution is -0.365. The van der Waals surface area contributed by atoms with Crippen LogP contribution >= 0.6 is 10.3 Å². The molecule has 0 aliphatic rings. The van der Waals surface area contributed by atoms with Crippen molar-refractivity contribution in [2.75, 3.05) is 0 Å². The van der Waals surface area contributed by atoms with Crippen LogP contribution in [0.1, 0.15) is 19.3 Å². The summed E-state index contributed by atoms with van der Waals surface area (Å²) >= 11 is 0. The van der Waals surface area contributed by atoms with Gasteiger partial charge in [-0.3, -0.25) is 0 Å². The molecule has 0 aliphatic heterocycles. The van der Waals surface area contributed by atoms with Crippen molar-refractivity contribution < 1.29 is 77.7 Å². The second kappa shape index (κ2) is 7.60.